The number of anilines is 3. The number of para-hydroxylation sites is 1. The molecule has 4 nitrogen and oxygen atoms in total. The predicted octanol–water partition coefficient (Wildman–Crippen LogP) is 13.4. The summed E-state index contributed by atoms with van der Waals surface area (Å²) in [5.74, 6) is 1.08. The third-order valence-corrected chi connectivity index (χ3v) is 11.9. The number of allylic oxidation sites excluding steroid dienone is 8. The Kier molecular flexibility index (Phi) is 8.42. The van der Waals surface area contributed by atoms with Gasteiger partial charge in [0.25, 0.3) is 0 Å². The van der Waals surface area contributed by atoms with Gasteiger partial charge in [0.05, 0.1) is 17.1 Å². The maximum Gasteiger partial charge on any atom is 0.160 e. The molecule has 6 aromatic carbocycles. The SMILES string of the molecule is C1=CCC(c2ccc(C3Nc4c(ccc5ccc6cc(-c7nc(C8=CCCC=C8)cc(-c8ccccc8)n7)ccc6c45)S3)cc2Nc2ccccc2)C=C1. The van der Waals surface area contributed by atoms with Crippen molar-refractivity contribution in [2.75, 3.05) is 10.6 Å². The molecule has 1 aromatic heterocycles. The average molecular weight is 715 g/mol. The van der Waals surface area contributed by atoms with Gasteiger partial charge in [-0.1, -0.05) is 145 Å². The van der Waals surface area contributed by atoms with Crippen LogP contribution in [0.4, 0.5) is 17.1 Å². The van der Waals surface area contributed by atoms with Gasteiger partial charge in [0.15, 0.2) is 5.82 Å². The molecule has 0 bridgehead atoms. The highest BCUT2D eigenvalue weighted by atomic mass is 32.2. The van der Waals surface area contributed by atoms with Crippen LogP contribution in [0.25, 0.3) is 49.8 Å². The molecule has 2 heterocycles. The number of hydrogen-bond donors (Lipinski definition) is 2. The fourth-order valence-corrected chi connectivity index (χ4v) is 9.04. The minimum atomic E-state index is 0.0861. The summed E-state index contributed by atoms with van der Waals surface area (Å²) in [5, 5.41) is 12.7. The lowest BCUT2D eigenvalue weighted by Crippen LogP contribution is -2.06. The topological polar surface area (TPSA) is 49.8 Å². The van der Waals surface area contributed by atoms with E-state index in [2.05, 4.69) is 174 Å². The largest absolute Gasteiger partial charge is 0.368 e. The van der Waals surface area contributed by atoms with Crippen LogP contribution in [0.2, 0.25) is 0 Å². The lowest BCUT2D eigenvalue weighted by Gasteiger charge is -2.21. The normalized spacial score (nSPS) is 17.4. The van der Waals surface area contributed by atoms with Crippen molar-refractivity contribution in [2.45, 2.75) is 35.4 Å². The molecule has 0 spiro atoms. The van der Waals surface area contributed by atoms with Gasteiger partial charge in [0.1, 0.15) is 5.37 Å². The number of hydrogen-bond acceptors (Lipinski definition) is 5. The molecule has 2 atom stereocenters. The van der Waals surface area contributed by atoms with E-state index in [1.54, 1.807) is 0 Å². The first-order valence-corrected chi connectivity index (χ1v) is 19.7. The van der Waals surface area contributed by atoms with Gasteiger partial charge in [0, 0.05) is 38.7 Å². The zero-order valence-corrected chi connectivity index (χ0v) is 30.6. The Labute approximate surface area is 320 Å². The van der Waals surface area contributed by atoms with Crippen LogP contribution in [0, 0.1) is 0 Å². The van der Waals surface area contributed by atoms with Crippen molar-refractivity contribution in [3.63, 3.8) is 0 Å². The lowest BCUT2D eigenvalue weighted by atomic mass is 9.90. The number of aromatic nitrogens is 2. The molecule has 0 saturated heterocycles. The van der Waals surface area contributed by atoms with Crippen LogP contribution in [-0.2, 0) is 0 Å². The number of fused-ring (bicyclic) bond motifs is 5. The van der Waals surface area contributed by atoms with E-state index in [1.165, 1.54) is 43.3 Å². The van der Waals surface area contributed by atoms with E-state index < -0.39 is 0 Å². The number of nitrogens with one attached hydrogen (secondary N) is 2. The molecule has 0 saturated carbocycles. The Bertz CT molecular complexity index is 2680. The third kappa shape index (κ3) is 6.21. The van der Waals surface area contributed by atoms with Gasteiger partial charge < -0.3 is 10.6 Å². The van der Waals surface area contributed by atoms with E-state index in [-0.39, 0.29) is 5.37 Å². The van der Waals surface area contributed by atoms with Crippen LogP contribution in [0.15, 0.2) is 175 Å². The number of nitrogens with zero attached hydrogens (tertiary/aromatic N) is 2. The smallest absolute Gasteiger partial charge is 0.160 e. The van der Waals surface area contributed by atoms with Gasteiger partial charge >= 0.3 is 0 Å². The molecule has 0 amide bonds. The second-order valence-electron chi connectivity index (χ2n) is 14.1. The van der Waals surface area contributed by atoms with E-state index in [0.29, 0.717) is 5.92 Å². The molecule has 2 aliphatic carbocycles. The quantitative estimate of drug-likeness (QED) is 0.161. The molecule has 2 unspecified atom stereocenters. The standard InChI is InChI=1S/C49H38N4S/c1-5-13-32(14-6-1)40-26-24-38(30-44(40)50-39-19-11-4-12-20-39)49-53-47-45(54-49)28-25-35-21-22-36-29-37(23-27-41(36)46(35)47)48-51-42(33-15-7-2-8-16-33)31-43(52-48)34-17-9-3-10-18-34/h1-2,4-9,11-13,15-32,49-50,53H,3,10,14H2. The van der Waals surface area contributed by atoms with Gasteiger partial charge in [-0.2, -0.15) is 0 Å². The Morgan fingerprint density at radius 1 is 0.685 bits per heavy atom. The molecular formula is C49H38N4S. The monoisotopic (exact) mass is 714 g/mol. The van der Waals surface area contributed by atoms with E-state index in [0.717, 1.165) is 64.5 Å². The zero-order chi connectivity index (χ0) is 35.8. The summed E-state index contributed by atoms with van der Waals surface area (Å²) in [6.07, 6.45) is 18.7. The lowest BCUT2D eigenvalue weighted by molar-refractivity contribution is 0.854. The molecular weight excluding hydrogens is 677 g/mol. The average Bonchev–Trinajstić information content (AvgIpc) is 3.69. The van der Waals surface area contributed by atoms with Crippen molar-refractivity contribution < 1.29 is 0 Å². The molecule has 10 rings (SSSR count). The van der Waals surface area contributed by atoms with Gasteiger partial charge in [-0.25, -0.2) is 9.97 Å². The second-order valence-corrected chi connectivity index (χ2v) is 15.3. The molecule has 5 heteroatoms. The van der Waals surface area contributed by atoms with E-state index >= 15 is 0 Å². The van der Waals surface area contributed by atoms with Crippen molar-refractivity contribution in [2.24, 2.45) is 0 Å². The van der Waals surface area contributed by atoms with Gasteiger partial charge in [0.2, 0.25) is 0 Å². The van der Waals surface area contributed by atoms with Crippen molar-refractivity contribution in [3.05, 3.63) is 187 Å². The van der Waals surface area contributed by atoms with Crippen molar-refractivity contribution in [1.29, 1.82) is 0 Å². The first-order valence-electron chi connectivity index (χ1n) is 18.8. The second kappa shape index (κ2) is 14.0. The zero-order valence-electron chi connectivity index (χ0n) is 29.7. The van der Waals surface area contributed by atoms with Crippen molar-refractivity contribution >= 4 is 55.9 Å². The summed E-state index contributed by atoms with van der Waals surface area (Å²) in [4.78, 5) is 11.5. The molecule has 3 aliphatic rings. The third-order valence-electron chi connectivity index (χ3n) is 10.6. The van der Waals surface area contributed by atoms with Gasteiger partial charge in [-0.3, -0.25) is 0 Å². The Balaban J connectivity index is 1.02. The Hall–Kier alpha value is -6.17. The predicted molar refractivity (Wildman–Crippen MR) is 228 cm³/mol. The minimum absolute atomic E-state index is 0.0861. The van der Waals surface area contributed by atoms with Crippen LogP contribution >= 0.6 is 11.8 Å². The van der Waals surface area contributed by atoms with Crippen LogP contribution in [0.3, 0.4) is 0 Å². The first kappa shape index (κ1) is 32.5. The van der Waals surface area contributed by atoms with Crippen molar-refractivity contribution in [3.8, 4) is 22.6 Å². The first-order chi connectivity index (χ1) is 26.7. The highest BCUT2D eigenvalue weighted by Crippen LogP contribution is 2.51. The fraction of sp³-hybridized carbons (Fsp3) is 0.102. The summed E-state index contributed by atoms with van der Waals surface area (Å²) in [5.41, 5.74) is 11.2. The fourth-order valence-electron chi connectivity index (χ4n) is 7.90. The van der Waals surface area contributed by atoms with Crippen molar-refractivity contribution in [1.82, 2.24) is 9.97 Å². The molecule has 260 valence electrons. The van der Waals surface area contributed by atoms with E-state index in [9.17, 15) is 0 Å². The minimum Gasteiger partial charge on any atom is -0.368 e. The molecule has 2 N–H and O–H groups in total. The Morgan fingerprint density at radius 2 is 1.52 bits per heavy atom. The highest BCUT2D eigenvalue weighted by molar-refractivity contribution is 8.00. The van der Waals surface area contributed by atoms with E-state index in [1.807, 2.05) is 17.8 Å². The molecule has 0 radical (unpaired) electrons. The summed E-state index contributed by atoms with van der Waals surface area (Å²) >= 11 is 1.89. The molecule has 0 fully saturated rings. The number of rotatable bonds is 7. The molecule has 54 heavy (non-hydrogen) atoms. The van der Waals surface area contributed by atoms with Crippen LogP contribution < -0.4 is 10.6 Å². The summed E-state index contributed by atoms with van der Waals surface area (Å²) in [7, 11) is 0. The number of thioether (sulfide) groups is 1. The van der Waals surface area contributed by atoms with E-state index in [4.69, 9.17) is 9.97 Å². The maximum absolute atomic E-state index is 5.13. The molecule has 1 aliphatic heterocycles. The summed E-state index contributed by atoms with van der Waals surface area (Å²) < 4.78 is 0. The highest BCUT2D eigenvalue weighted by Gasteiger charge is 2.27. The Morgan fingerprint density at radius 3 is 2.35 bits per heavy atom. The molecule has 7 aromatic rings. The van der Waals surface area contributed by atoms with Gasteiger partial charge in [-0.05, 0) is 88.5 Å². The maximum atomic E-state index is 5.13. The number of benzene rings is 6. The van der Waals surface area contributed by atoms with Crippen LogP contribution in [0.5, 0.6) is 0 Å². The summed E-state index contributed by atoms with van der Waals surface area (Å²) in [6.45, 7) is 0. The summed E-state index contributed by atoms with van der Waals surface area (Å²) in [6, 6.07) is 45.7. The van der Waals surface area contributed by atoms with Crippen LogP contribution in [-0.4, -0.2) is 9.97 Å². The van der Waals surface area contributed by atoms with Crippen LogP contribution in [0.1, 0.15) is 47.4 Å². The van der Waals surface area contributed by atoms with Gasteiger partial charge in [-0.15, -0.1) is 0 Å².